The van der Waals surface area contributed by atoms with Crippen molar-refractivity contribution in [3.05, 3.63) is 88.6 Å². The van der Waals surface area contributed by atoms with Crippen LogP contribution in [0.5, 0.6) is 11.5 Å². The van der Waals surface area contributed by atoms with E-state index in [0.717, 1.165) is 5.56 Å². The quantitative estimate of drug-likeness (QED) is 0.534. The monoisotopic (exact) mass is 448 g/mol. The molecule has 0 aliphatic carbocycles. The molecule has 3 aromatic carbocycles. The van der Waals surface area contributed by atoms with Gasteiger partial charge in [-0.05, 0) is 36.2 Å². The lowest BCUT2D eigenvalue weighted by molar-refractivity contribution is -0.120. The molecule has 0 atom stereocenters. The van der Waals surface area contributed by atoms with Crippen molar-refractivity contribution < 1.29 is 19.1 Å². The number of nitrogens with zero attached hydrogens (tertiary/aromatic N) is 1. The van der Waals surface area contributed by atoms with E-state index in [1.165, 1.54) is 4.90 Å². The van der Waals surface area contributed by atoms with Crippen molar-refractivity contribution in [2.75, 3.05) is 24.4 Å². The second kappa shape index (κ2) is 8.77. The number of amides is 2. The fourth-order valence-electron chi connectivity index (χ4n) is 3.63. The first-order chi connectivity index (χ1) is 15.4. The van der Waals surface area contributed by atoms with Crippen LogP contribution in [0.1, 0.15) is 11.1 Å². The molecule has 0 saturated heterocycles. The fourth-order valence-corrected chi connectivity index (χ4v) is 3.86. The van der Waals surface area contributed by atoms with Gasteiger partial charge in [0.2, 0.25) is 0 Å². The Labute approximate surface area is 191 Å². The normalized spacial score (nSPS) is 13.6. The summed E-state index contributed by atoms with van der Waals surface area (Å²) in [4.78, 5) is 28.2. The Morgan fingerprint density at radius 1 is 0.844 bits per heavy atom. The van der Waals surface area contributed by atoms with Gasteiger partial charge in [0.1, 0.15) is 17.2 Å². The second-order valence-corrected chi connectivity index (χ2v) is 7.66. The Hall–Kier alpha value is -3.77. The topological polar surface area (TPSA) is 67.9 Å². The molecule has 6 nitrogen and oxygen atoms in total. The Balaban J connectivity index is 1.84. The van der Waals surface area contributed by atoms with Crippen molar-refractivity contribution in [1.29, 1.82) is 0 Å². The summed E-state index contributed by atoms with van der Waals surface area (Å²) in [6, 6.07) is 19.3. The number of ether oxygens (including phenoxy) is 2. The predicted octanol–water partition coefficient (Wildman–Crippen LogP) is 5.06. The van der Waals surface area contributed by atoms with Gasteiger partial charge >= 0.3 is 0 Å². The third-order valence-corrected chi connectivity index (χ3v) is 5.40. The minimum atomic E-state index is -0.457. The van der Waals surface area contributed by atoms with E-state index in [-0.39, 0.29) is 11.3 Å². The Kier molecular flexibility index (Phi) is 5.88. The highest BCUT2D eigenvalue weighted by Gasteiger charge is 2.40. The molecule has 0 radical (unpaired) electrons. The van der Waals surface area contributed by atoms with E-state index in [4.69, 9.17) is 21.1 Å². The van der Waals surface area contributed by atoms with E-state index in [1.54, 1.807) is 62.8 Å². The Morgan fingerprint density at radius 3 is 2.09 bits per heavy atom. The van der Waals surface area contributed by atoms with Crippen molar-refractivity contribution in [2.45, 2.75) is 6.92 Å². The number of hydrogen-bond acceptors (Lipinski definition) is 5. The molecule has 0 bridgehead atoms. The average molecular weight is 449 g/mol. The summed E-state index contributed by atoms with van der Waals surface area (Å²) in [5.41, 5.74) is 2.85. The highest BCUT2D eigenvalue weighted by Crippen LogP contribution is 2.36. The number of imide groups is 1. The lowest BCUT2D eigenvalue weighted by Gasteiger charge is -2.18. The first-order valence-corrected chi connectivity index (χ1v) is 10.3. The van der Waals surface area contributed by atoms with Crippen LogP contribution in [0.3, 0.4) is 0 Å². The minimum Gasteiger partial charge on any atom is -0.497 e. The minimum absolute atomic E-state index is 0.172. The zero-order valence-corrected chi connectivity index (χ0v) is 18.6. The third-order valence-electron chi connectivity index (χ3n) is 5.17. The summed E-state index contributed by atoms with van der Waals surface area (Å²) in [6.45, 7) is 1.81. The third kappa shape index (κ3) is 3.92. The van der Waals surface area contributed by atoms with Crippen LogP contribution in [0, 0.1) is 6.92 Å². The van der Waals surface area contributed by atoms with E-state index >= 15 is 0 Å². The van der Waals surface area contributed by atoms with Crippen LogP contribution in [0.15, 0.2) is 72.4 Å². The summed E-state index contributed by atoms with van der Waals surface area (Å²) in [5, 5.41) is 3.66. The van der Waals surface area contributed by atoms with Crippen LogP contribution < -0.4 is 19.7 Å². The number of hydrogen-bond donors (Lipinski definition) is 1. The molecular weight excluding hydrogens is 428 g/mol. The van der Waals surface area contributed by atoms with Gasteiger partial charge in [0.05, 0.1) is 25.5 Å². The molecular formula is C25H21ClN2O4. The summed E-state index contributed by atoms with van der Waals surface area (Å²) < 4.78 is 10.7. The molecule has 162 valence electrons. The summed E-state index contributed by atoms with van der Waals surface area (Å²) in [7, 11) is 3.09. The molecule has 1 aliphatic heterocycles. The fraction of sp³-hybridized carbons (Fsp3) is 0.120. The molecule has 0 saturated carbocycles. The van der Waals surface area contributed by atoms with Crippen LogP contribution in [0.2, 0.25) is 5.02 Å². The maximum atomic E-state index is 13.5. The van der Waals surface area contributed by atoms with E-state index in [1.807, 2.05) is 25.1 Å². The van der Waals surface area contributed by atoms with Crippen molar-refractivity contribution in [3.8, 4) is 11.5 Å². The molecule has 3 aromatic rings. The predicted molar refractivity (Wildman–Crippen MR) is 125 cm³/mol. The van der Waals surface area contributed by atoms with Crippen LogP contribution in [-0.2, 0) is 9.59 Å². The molecule has 1 aliphatic rings. The molecule has 0 aromatic heterocycles. The first kappa shape index (κ1) is 21.5. The number of rotatable bonds is 6. The molecule has 0 spiro atoms. The summed E-state index contributed by atoms with van der Waals surface area (Å²) in [5.74, 6) is 0.233. The number of halogens is 1. The van der Waals surface area contributed by atoms with E-state index in [0.29, 0.717) is 33.5 Å². The molecule has 32 heavy (non-hydrogen) atoms. The maximum absolute atomic E-state index is 13.5. The lowest BCUT2D eigenvalue weighted by Crippen LogP contribution is -2.33. The molecule has 1 heterocycles. The lowest BCUT2D eigenvalue weighted by atomic mass is 10.0. The zero-order chi connectivity index (χ0) is 22.8. The average Bonchev–Trinajstić information content (AvgIpc) is 3.03. The van der Waals surface area contributed by atoms with Crippen LogP contribution >= 0.6 is 11.6 Å². The van der Waals surface area contributed by atoms with Gasteiger partial charge in [-0.3, -0.25) is 9.59 Å². The highest BCUT2D eigenvalue weighted by molar-refractivity contribution is 6.46. The molecule has 0 unspecified atom stereocenters. The van der Waals surface area contributed by atoms with Gasteiger partial charge in [-0.15, -0.1) is 0 Å². The van der Waals surface area contributed by atoms with Crippen LogP contribution in [-0.4, -0.2) is 26.0 Å². The molecule has 2 amide bonds. The van der Waals surface area contributed by atoms with Crippen molar-refractivity contribution in [1.82, 2.24) is 0 Å². The Bertz CT molecular complexity index is 1220. The number of anilines is 2. The van der Waals surface area contributed by atoms with E-state index in [2.05, 4.69) is 5.32 Å². The van der Waals surface area contributed by atoms with Gasteiger partial charge in [0, 0.05) is 28.9 Å². The molecule has 4 rings (SSSR count). The van der Waals surface area contributed by atoms with Gasteiger partial charge in [-0.2, -0.15) is 0 Å². The van der Waals surface area contributed by atoms with Crippen molar-refractivity contribution in [3.63, 3.8) is 0 Å². The second-order valence-electron chi connectivity index (χ2n) is 7.22. The Morgan fingerprint density at radius 2 is 1.50 bits per heavy atom. The molecule has 0 fully saturated rings. The molecule has 1 N–H and O–H groups in total. The first-order valence-electron chi connectivity index (χ1n) is 9.87. The van der Waals surface area contributed by atoms with Gasteiger partial charge < -0.3 is 14.8 Å². The van der Waals surface area contributed by atoms with Crippen molar-refractivity contribution >= 4 is 40.4 Å². The van der Waals surface area contributed by atoms with Gasteiger partial charge in [0.15, 0.2) is 0 Å². The van der Waals surface area contributed by atoms with Crippen LogP contribution in [0.4, 0.5) is 11.4 Å². The number of methoxy groups -OCH3 is 2. The smallest absolute Gasteiger partial charge is 0.282 e. The maximum Gasteiger partial charge on any atom is 0.282 e. The summed E-state index contributed by atoms with van der Waals surface area (Å²) in [6.07, 6.45) is 0. The largest absolute Gasteiger partial charge is 0.497 e. The van der Waals surface area contributed by atoms with Gasteiger partial charge in [-0.1, -0.05) is 41.9 Å². The van der Waals surface area contributed by atoms with Gasteiger partial charge in [-0.25, -0.2) is 4.90 Å². The summed E-state index contributed by atoms with van der Waals surface area (Å²) >= 11 is 6.08. The van der Waals surface area contributed by atoms with E-state index in [9.17, 15) is 9.59 Å². The zero-order valence-electron chi connectivity index (χ0n) is 17.8. The van der Waals surface area contributed by atoms with E-state index < -0.39 is 11.8 Å². The number of carbonyl (C=O) groups is 2. The standard InChI is InChI=1S/C25H21ClN2O4/c1-15-11-17(26)9-10-21(15)28-24(29)22(16-7-5-4-6-8-16)23(25(28)30)27-18-12-19(31-2)14-20(13-18)32-3/h4-14,27H,1-3H3. The number of aryl methyl sites for hydroxylation is 1. The number of carbonyl (C=O) groups excluding carboxylic acids is 2. The van der Waals surface area contributed by atoms with Crippen LogP contribution in [0.25, 0.3) is 5.57 Å². The highest BCUT2D eigenvalue weighted by atomic mass is 35.5. The van der Waals surface area contributed by atoms with Gasteiger partial charge in [0.25, 0.3) is 11.8 Å². The van der Waals surface area contributed by atoms with Crippen molar-refractivity contribution in [2.24, 2.45) is 0 Å². The SMILES string of the molecule is COc1cc(NC2=C(c3ccccc3)C(=O)N(c3ccc(Cl)cc3C)C2=O)cc(OC)c1. The number of nitrogens with one attached hydrogen (secondary N) is 1. The molecule has 7 heteroatoms. The number of benzene rings is 3.